The lowest BCUT2D eigenvalue weighted by Gasteiger charge is -2.15. The Balaban J connectivity index is 1.37. The van der Waals surface area contributed by atoms with E-state index in [1.165, 1.54) is 41.2 Å². The van der Waals surface area contributed by atoms with Crippen LogP contribution in [0.15, 0.2) is 41.8 Å². The minimum Gasteiger partial charge on any atom is -0.332 e. The van der Waals surface area contributed by atoms with Crippen LogP contribution in [0.25, 0.3) is 0 Å². The van der Waals surface area contributed by atoms with Crippen molar-refractivity contribution in [3.8, 4) is 0 Å². The van der Waals surface area contributed by atoms with Gasteiger partial charge in [0.15, 0.2) is 0 Å². The summed E-state index contributed by atoms with van der Waals surface area (Å²) in [7, 11) is 0. The highest BCUT2D eigenvalue weighted by atomic mass is 32.2. The molecule has 1 aliphatic rings. The number of hydrogen-bond donors (Lipinski definition) is 0. The predicted molar refractivity (Wildman–Crippen MR) is 93.9 cm³/mol. The zero-order valence-corrected chi connectivity index (χ0v) is 15.3. The number of nitrogens with zero attached hydrogens (tertiary/aromatic N) is 6. The second-order valence-corrected chi connectivity index (χ2v) is 7.20. The normalized spacial score (nSPS) is 13.4. The summed E-state index contributed by atoms with van der Waals surface area (Å²) < 4.78 is 41.2. The molecule has 146 valence electrons. The third-order valence-corrected chi connectivity index (χ3v) is 4.97. The summed E-state index contributed by atoms with van der Waals surface area (Å²) in [6.45, 7) is 0.253. The first-order valence-corrected chi connectivity index (χ1v) is 9.20. The number of rotatable bonds is 6. The van der Waals surface area contributed by atoms with E-state index in [1.54, 1.807) is 21.3 Å². The number of fused-ring (bicyclic) bond motifs is 1. The van der Waals surface area contributed by atoms with Crippen LogP contribution in [0.4, 0.5) is 13.2 Å². The average molecular weight is 408 g/mol. The molecule has 0 saturated carbocycles. The summed E-state index contributed by atoms with van der Waals surface area (Å²) in [6.07, 6.45) is 2.15. The molecule has 0 fully saturated rings. The summed E-state index contributed by atoms with van der Waals surface area (Å²) in [4.78, 5) is 17.9. The van der Waals surface area contributed by atoms with Crippen LogP contribution in [0.5, 0.6) is 0 Å². The SMILES string of the molecule is O=C(Cc1ncccc1F)N1Cc2cn(Sc3ccn(CC(F)F)n3)nc2C1. The number of hydrogen-bond acceptors (Lipinski definition) is 5. The molecular formula is C17H15F3N6OS. The molecule has 0 unspecified atom stereocenters. The smallest absolute Gasteiger partial charge is 0.257 e. The molecule has 0 radical (unpaired) electrons. The lowest BCUT2D eigenvalue weighted by atomic mass is 10.2. The van der Waals surface area contributed by atoms with Gasteiger partial charge in [0.25, 0.3) is 6.43 Å². The summed E-state index contributed by atoms with van der Waals surface area (Å²) in [6, 6.07) is 4.39. The summed E-state index contributed by atoms with van der Waals surface area (Å²) in [5.41, 5.74) is 1.75. The van der Waals surface area contributed by atoms with Gasteiger partial charge in [-0.25, -0.2) is 17.3 Å². The Hall–Kier alpha value is -2.82. The van der Waals surface area contributed by atoms with Gasteiger partial charge >= 0.3 is 0 Å². The van der Waals surface area contributed by atoms with Gasteiger partial charge in [-0.3, -0.25) is 14.5 Å². The number of carbonyl (C=O) groups is 1. The minimum absolute atomic E-state index is 0.104. The van der Waals surface area contributed by atoms with Crippen LogP contribution in [0, 0.1) is 5.82 Å². The van der Waals surface area contributed by atoms with Gasteiger partial charge in [-0.1, -0.05) is 0 Å². The maximum atomic E-state index is 13.7. The Morgan fingerprint density at radius 3 is 2.86 bits per heavy atom. The van der Waals surface area contributed by atoms with Crippen LogP contribution in [0.3, 0.4) is 0 Å². The Bertz CT molecular complexity index is 981. The molecule has 1 aliphatic heterocycles. The zero-order valence-electron chi connectivity index (χ0n) is 14.5. The standard InChI is InChI=1S/C17H15F3N6OS/c18-12-2-1-4-21-13(12)6-17(27)24-7-11-8-26(22-14(11)9-24)28-16-3-5-25(23-16)10-15(19)20/h1-5,8,15H,6-7,9-10H2. The van der Waals surface area contributed by atoms with E-state index in [9.17, 15) is 18.0 Å². The topological polar surface area (TPSA) is 68.8 Å². The molecule has 28 heavy (non-hydrogen) atoms. The van der Waals surface area contributed by atoms with Crippen molar-refractivity contribution in [1.29, 1.82) is 0 Å². The Morgan fingerprint density at radius 2 is 2.11 bits per heavy atom. The van der Waals surface area contributed by atoms with Gasteiger partial charge in [0.05, 0.1) is 24.4 Å². The van der Waals surface area contributed by atoms with E-state index in [0.717, 1.165) is 11.3 Å². The lowest BCUT2D eigenvalue weighted by Crippen LogP contribution is -2.28. The molecule has 4 heterocycles. The van der Waals surface area contributed by atoms with Gasteiger partial charge in [-0.15, -0.1) is 0 Å². The van der Waals surface area contributed by atoms with Crippen molar-refractivity contribution in [3.63, 3.8) is 0 Å². The van der Waals surface area contributed by atoms with E-state index in [1.807, 2.05) is 0 Å². The van der Waals surface area contributed by atoms with Gasteiger partial charge in [0.2, 0.25) is 5.91 Å². The summed E-state index contributed by atoms with van der Waals surface area (Å²) in [5, 5.41) is 9.01. The third-order valence-electron chi connectivity index (χ3n) is 4.19. The molecule has 3 aromatic rings. The number of aromatic nitrogens is 5. The molecule has 0 saturated heterocycles. The molecular weight excluding hydrogens is 393 g/mol. The second-order valence-electron chi connectivity index (χ2n) is 6.22. The Kier molecular flexibility index (Phi) is 5.07. The van der Waals surface area contributed by atoms with Crippen molar-refractivity contribution < 1.29 is 18.0 Å². The first-order valence-electron chi connectivity index (χ1n) is 8.42. The van der Waals surface area contributed by atoms with Crippen LogP contribution in [0.2, 0.25) is 0 Å². The fraction of sp³-hybridized carbons (Fsp3) is 0.294. The summed E-state index contributed by atoms with van der Waals surface area (Å²) in [5.74, 6) is -0.721. The van der Waals surface area contributed by atoms with Crippen molar-refractivity contribution >= 4 is 17.9 Å². The Morgan fingerprint density at radius 1 is 1.25 bits per heavy atom. The first-order chi connectivity index (χ1) is 13.5. The molecule has 0 bridgehead atoms. The molecule has 0 aliphatic carbocycles. The first kappa shape index (κ1) is 18.5. The van der Waals surface area contributed by atoms with Crippen molar-refractivity contribution in [1.82, 2.24) is 28.9 Å². The van der Waals surface area contributed by atoms with Gasteiger partial charge in [0, 0.05) is 42.6 Å². The second kappa shape index (κ2) is 7.66. The van der Waals surface area contributed by atoms with E-state index >= 15 is 0 Å². The highest BCUT2D eigenvalue weighted by Crippen LogP contribution is 2.26. The van der Waals surface area contributed by atoms with Gasteiger partial charge < -0.3 is 4.90 Å². The van der Waals surface area contributed by atoms with E-state index in [4.69, 9.17) is 0 Å². The van der Waals surface area contributed by atoms with Crippen molar-refractivity contribution in [2.24, 2.45) is 0 Å². The quantitative estimate of drug-likeness (QED) is 0.627. The molecule has 0 atom stereocenters. The zero-order chi connectivity index (χ0) is 19.7. The highest BCUT2D eigenvalue weighted by molar-refractivity contribution is 7.97. The molecule has 0 N–H and O–H groups in total. The number of pyridine rings is 1. The predicted octanol–water partition coefficient (Wildman–Crippen LogP) is 2.52. The summed E-state index contributed by atoms with van der Waals surface area (Å²) >= 11 is 1.20. The van der Waals surface area contributed by atoms with Crippen molar-refractivity contribution in [2.75, 3.05) is 0 Å². The molecule has 0 spiro atoms. The molecule has 7 nitrogen and oxygen atoms in total. The van der Waals surface area contributed by atoms with Crippen LogP contribution in [-0.2, 0) is 30.8 Å². The average Bonchev–Trinajstić information content (AvgIpc) is 3.32. The van der Waals surface area contributed by atoms with Crippen LogP contribution in [0.1, 0.15) is 17.0 Å². The number of carbonyl (C=O) groups excluding carboxylic acids is 1. The number of halogens is 3. The van der Waals surface area contributed by atoms with Crippen LogP contribution < -0.4 is 0 Å². The molecule has 3 aromatic heterocycles. The van der Waals surface area contributed by atoms with E-state index < -0.39 is 18.8 Å². The third kappa shape index (κ3) is 4.03. The highest BCUT2D eigenvalue weighted by Gasteiger charge is 2.27. The largest absolute Gasteiger partial charge is 0.332 e. The lowest BCUT2D eigenvalue weighted by molar-refractivity contribution is -0.131. The fourth-order valence-electron chi connectivity index (χ4n) is 2.88. The van der Waals surface area contributed by atoms with E-state index in [0.29, 0.717) is 18.1 Å². The number of alkyl halides is 2. The minimum atomic E-state index is -2.46. The van der Waals surface area contributed by atoms with Crippen LogP contribution in [-0.4, -0.2) is 41.2 Å². The van der Waals surface area contributed by atoms with Crippen LogP contribution >= 0.6 is 11.9 Å². The van der Waals surface area contributed by atoms with E-state index in [-0.39, 0.29) is 18.0 Å². The van der Waals surface area contributed by atoms with Crippen molar-refractivity contribution in [3.05, 3.63) is 59.6 Å². The molecule has 4 rings (SSSR count). The maximum absolute atomic E-state index is 13.7. The van der Waals surface area contributed by atoms with Crippen molar-refractivity contribution in [2.45, 2.75) is 37.5 Å². The fourth-order valence-corrected chi connectivity index (χ4v) is 3.66. The van der Waals surface area contributed by atoms with Gasteiger partial charge in [-0.05, 0) is 18.2 Å². The molecule has 11 heteroatoms. The molecule has 0 aromatic carbocycles. The van der Waals surface area contributed by atoms with Gasteiger partial charge in [0.1, 0.15) is 17.4 Å². The monoisotopic (exact) mass is 408 g/mol. The number of amides is 1. The Labute approximate surface area is 162 Å². The van der Waals surface area contributed by atoms with E-state index in [2.05, 4.69) is 15.2 Å². The van der Waals surface area contributed by atoms with Gasteiger partial charge in [-0.2, -0.15) is 10.2 Å². The molecule has 1 amide bonds. The maximum Gasteiger partial charge on any atom is 0.257 e.